The number of halogens is 1. The molecule has 5 rings (SSSR count). The van der Waals surface area contributed by atoms with Gasteiger partial charge in [0.15, 0.2) is 23.3 Å². The van der Waals surface area contributed by atoms with E-state index in [1.165, 1.54) is 0 Å². The summed E-state index contributed by atoms with van der Waals surface area (Å²) in [7, 11) is -3.71. The molecule has 0 saturated heterocycles. The molecule has 1 aliphatic carbocycles. The molecule has 39 heavy (non-hydrogen) atoms. The van der Waals surface area contributed by atoms with Crippen LogP contribution in [-0.2, 0) is 41.0 Å². The van der Waals surface area contributed by atoms with E-state index < -0.39 is 7.60 Å². The Bertz CT molecular complexity index is 1370. The van der Waals surface area contributed by atoms with Crippen molar-refractivity contribution in [2.24, 2.45) is 16.6 Å². The average molecular weight is 620 g/mol. The fourth-order valence-electron chi connectivity index (χ4n) is 4.62. The van der Waals surface area contributed by atoms with Crippen molar-refractivity contribution in [3.05, 3.63) is 76.9 Å². The Hall–Kier alpha value is -2.89. The molecular weight excluding hydrogens is 589 g/mol. The number of benzene rings is 1. The van der Waals surface area contributed by atoms with Crippen molar-refractivity contribution in [3.63, 3.8) is 0 Å². The molecule has 208 valence electrons. The van der Waals surface area contributed by atoms with Crippen molar-refractivity contribution in [1.82, 2.24) is 14.9 Å². The van der Waals surface area contributed by atoms with Gasteiger partial charge in [-0.3, -0.25) is 9.09 Å². The van der Waals surface area contributed by atoms with Gasteiger partial charge >= 0.3 is 7.60 Å². The summed E-state index contributed by atoms with van der Waals surface area (Å²) in [4.78, 5) is 8.62. The topological polar surface area (TPSA) is 131 Å². The van der Waals surface area contributed by atoms with Crippen LogP contribution in [0.2, 0.25) is 0 Å². The number of fused-ring (bicyclic) bond motifs is 1. The molecule has 1 unspecified atom stereocenters. The van der Waals surface area contributed by atoms with Crippen molar-refractivity contribution in [2.45, 2.75) is 38.8 Å². The van der Waals surface area contributed by atoms with Crippen LogP contribution in [0, 0.1) is 5.92 Å². The normalized spacial score (nSPS) is 18.8. The zero-order chi connectivity index (χ0) is 27.4. The Labute approximate surface area is 235 Å². The molecule has 1 atom stereocenters. The van der Waals surface area contributed by atoms with Gasteiger partial charge in [-0.1, -0.05) is 47.5 Å². The monoisotopic (exact) mass is 619 g/mol. The molecule has 3 heterocycles. The van der Waals surface area contributed by atoms with Crippen molar-refractivity contribution >= 4 is 41.0 Å². The number of imidazole rings is 1. The Morgan fingerprint density at radius 2 is 2.00 bits per heavy atom. The van der Waals surface area contributed by atoms with Crippen molar-refractivity contribution in [2.75, 3.05) is 19.6 Å². The van der Waals surface area contributed by atoms with Crippen molar-refractivity contribution < 1.29 is 27.8 Å². The van der Waals surface area contributed by atoms with Crippen LogP contribution in [0.5, 0.6) is 0 Å². The molecule has 3 N–H and O–H groups in total. The maximum atomic E-state index is 13.8. The molecule has 0 spiro atoms. The highest BCUT2D eigenvalue weighted by Gasteiger charge is 2.34. The first-order valence-corrected chi connectivity index (χ1v) is 15.2. The van der Waals surface area contributed by atoms with Gasteiger partial charge in [-0.2, -0.15) is 4.99 Å². The first kappa shape index (κ1) is 27.7. The van der Waals surface area contributed by atoms with Gasteiger partial charge in [0, 0.05) is 16.9 Å². The molecule has 2 aromatic rings. The third-order valence-electron chi connectivity index (χ3n) is 6.50. The number of hydrogen-bond donors (Lipinski definition) is 2. The number of guanidine groups is 1. The van der Waals surface area contributed by atoms with Gasteiger partial charge in [-0.15, -0.1) is 0 Å². The predicted octanol–water partition coefficient (Wildman–Crippen LogP) is 5.49. The first-order valence-electron chi connectivity index (χ1n) is 12.6. The van der Waals surface area contributed by atoms with Gasteiger partial charge in [0.05, 0.1) is 25.2 Å². The van der Waals surface area contributed by atoms with E-state index >= 15 is 0 Å². The van der Waals surface area contributed by atoms with Gasteiger partial charge < -0.3 is 34.4 Å². The molecule has 1 aromatic heterocycles. The molecule has 2 aliphatic heterocycles. The molecule has 1 aromatic carbocycles. The van der Waals surface area contributed by atoms with Crippen LogP contribution in [-0.4, -0.2) is 35.1 Å². The second kappa shape index (κ2) is 12.1. The maximum absolute atomic E-state index is 13.8. The summed E-state index contributed by atoms with van der Waals surface area (Å²) in [6.07, 6.45) is 5.64. The van der Waals surface area contributed by atoms with E-state index in [1.807, 2.05) is 24.3 Å². The number of nitrogens with zero attached hydrogens (tertiary/aromatic N) is 3. The highest BCUT2D eigenvalue weighted by atomic mass is 79.9. The third kappa shape index (κ3) is 6.82. The first-order chi connectivity index (χ1) is 18.8. The molecule has 0 bridgehead atoms. The Morgan fingerprint density at radius 1 is 1.21 bits per heavy atom. The van der Waals surface area contributed by atoms with E-state index in [9.17, 15) is 4.57 Å². The summed E-state index contributed by atoms with van der Waals surface area (Å²) in [5, 5.41) is 2.85. The lowest BCUT2D eigenvalue weighted by molar-refractivity contribution is 0.114. The van der Waals surface area contributed by atoms with Crippen molar-refractivity contribution in [1.29, 1.82) is 0 Å². The van der Waals surface area contributed by atoms with Gasteiger partial charge in [0.25, 0.3) is 5.95 Å². The minimum Gasteiger partial charge on any atom is -0.427 e. The smallest absolute Gasteiger partial charge is 0.356 e. The van der Waals surface area contributed by atoms with E-state index in [2.05, 4.69) is 44.4 Å². The third-order valence-corrected chi connectivity index (χ3v) is 8.54. The second-order valence-corrected chi connectivity index (χ2v) is 12.3. The lowest BCUT2D eigenvalue weighted by Crippen LogP contribution is -2.32. The lowest BCUT2D eigenvalue weighted by atomic mass is 10.1. The quantitative estimate of drug-likeness (QED) is 0.234. The van der Waals surface area contributed by atoms with E-state index in [0.29, 0.717) is 35.3 Å². The van der Waals surface area contributed by atoms with Crippen LogP contribution < -0.4 is 11.1 Å². The fraction of sp³-hybridized carbons (Fsp3) is 0.385. The summed E-state index contributed by atoms with van der Waals surface area (Å²) >= 11 is 3.45. The van der Waals surface area contributed by atoms with E-state index in [4.69, 9.17) is 29.0 Å². The molecule has 3 aliphatic rings. The lowest BCUT2D eigenvalue weighted by Gasteiger charge is -2.20. The number of aromatic nitrogens is 2. The van der Waals surface area contributed by atoms with Crippen LogP contribution in [0.1, 0.15) is 36.9 Å². The standard InChI is InChI=1S/C26H31BrN5O6P/c1-17-23-25(31-26(28)30-17)32(15-29-23)10-11-34-16-39(33,35-13-19-6-5-9-21(27)12-19)36-14-22-24(38-18(2)37-22)20-7-3-4-8-20/h5-6,9,12,15,20H,1-4,7-8,10-11,13-14,16H2,(H3,28,30,31). The number of nitrogens with two attached hydrogens (primary N) is 1. The van der Waals surface area contributed by atoms with Crippen LogP contribution >= 0.6 is 23.5 Å². The van der Waals surface area contributed by atoms with Crippen molar-refractivity contribution in [3.8, 4) is 0 Å². The van der Waals surface area contributed by atoms with E-state index in [-0.39, 0.29) is 44.0 Å². The van der Waals surface area contributed by atoms with Gasteiger partial charge in [-0.05, 0) is 37.1 Å². The number of allylic oxidation sites excluding steroid dienone is 1. The summed E-state index contributed by atoms with van der Waals surface area (Å²) in [5.41, 5.74) is 7.84. The molecular formula is C26H31BrN5O6P. The second-order valence-electron chi connectivity index (χ2n) is 9.38. The largest absolute Gasteiger partial charge is 0.427 e. The molecule has 0 amide bonds. The summed E-state index contributed by atoms with van der Waals surface area (Å²) in [6, 6.07) is 7.55. The van der Waals surface area contributed by atoms with E-state index in [0.717, 1.165) is 35.7 Å². The fourth-order valence-corrected chi connectivity index (χ4v) is 6.30. The van der Waals surface area contributed by atoms with Crippen LogP contribution in [0.15, 0.2) is 70.7 Å². The average Bonchev–Trinajstić information content (AvgIpc) is 3.65. The minimum absolute atomic E-state index is 0.0802. The molecule has 13 heteroatoms. The van der Waals surface area contributed by atoms with E-state index in [1.54, 1.807) is 10.9 Å². The Morgan fingerprint density at radius 3 is 2.79 bits per heavy atom. The summed E-state index contributed by atoms with van der Waals surface area (Å²) in [5.74, 6) is 2.44. The molecule has 11 nitrogen and oxygen atoms in total. The molecule has 1 saturated carbocycles. The van der Waals surface area contributed by atoms with Crippen LogP contribution in [0.4, 0.5) is 5.82 Å². The number of rotatable bonds is 12. The summed E-state index contributed by atoms with van der Waals surface area (Å²) in [6.45, 7) is 8.28. The number of ether oxygens (including phenoxy) is 3. The number of aliphatic imine (C=N–C) groups is 1. The number of nitrogens with one attached hydrogen (secondary N) is 1. The SMILES string of the molecule is C=C1OC(COP(=O)(COCCn2cnc3c2N=C(N)NC3=C)OCc2cccc(Br)c2)=C(C2CCCC2)O1. The Balaban J connectivity index is 1.24. The molecule has 0 radical (unpaired) electrons. The maximum Gasteiger partial charge on any atom is 0.356 e. The minimum atomic E-state index is -3.71. The Kier molecular flexibility index (Phi) is 8.58. The number of hydrogen-bond acceptors (Lipinski definition) is 10. The highest BCUT2D eigenvalue weighted by Crippen LogP contribution is 2.50. The van der Waals surface area contributed by atoms with Crippen LogP contribution in [0.3, 0.4) is 0 Å². The van der Waals surface area contributed by atoms with Gasteiger partial charge in [0.2, 0.25) is 0 Å². The van der Waals surface area contributed by atoms with Crippen LogP contribution in [0.25, 0.3) is 5.70 Å². The summed E-state index contributed by atoms with van der Waals surface area (Å²) < 4.78 is 45.4. The van der Waals surface area contributed by atoms with Gasteiger partial charge in [-0.25, -0.2) is 4.98 Å². The van der Waals surface area contributed by atoms with Gasteiger partial charge in [0.1, 0.15) is 18.6 Å². The zero-order valence-corrected chi connectivity index (χ0v) is 23.9. The molecule has 1 fully saturated rings. The zero-order valence-electron chi connectivity index (χ0n) is 21.4. The highest BCUT2D eigenvalue weighted by molar-refractivity contribution is 9.10. The predicted molar refractivity (Wildman–Crippen MR) is 149 cm³/mol.